The Labute approximate surface area is 111 Å². The third-order valence-corrected chi connectivity index (χ3v) is 3.32. The number of hydrogen-bond acceptors (Lipinski definition) is 2. The van der Waals surface area contributed by atoms with E-state index in [0.717, 1.165) is 16.5 Å². The summed E-state index contributed by atoms with van der Waals surface area (Å²) in [5.41, 5.74) is 4.33. The minimum atomic E-state index is -0.0476. The molecule has 0 atom stereocenters. The van der Waals surface area contributed by atoms with Crippen LogP contribution in [0.3, 0.4) is 0 Å². The summed E-state index contributed by atoms with van der Waals surface area (Å²) in [6.45, 7) is 3.61. The Morgan fingerprint density at radius 3 is 2.58 bits per heavy atom. The van der Waals surface area contributed by atoms with Gasteiger partial charge in [0.15, 0.2) is 11.5 Å². The van der Waals surface area contributed by atoms with Crippen LogP contribution in [0.1, 0.15) is 23.0 Å². The van der Waals surface area contributed by atoms with Gasteiger partial charge >= 0.3 is 0 Å². The van der Waals surface area contributed by atoms with Gasteiger partial charge in [-0.3, -0.25) is 4.79 Å². The second-order valence-corrected chi connectivity index (χ2v) is 4.73. The fourth-order valence-electron chi connectivity index (χ4n) is 2.28. The van der Waals surface area contributed by atoms with E-state index in [0.29, 0.717) is 5.76 Å². The number of aryl methyl sites for hydroxylation is 1. The molecule has 0 N–H and O–H groups in total. The lowest BCUT2D eigenvalue weighted by Crippen LogP contribution is -1.85. The summed E-state index contributed by atoms with van der Waals surface area (Å²) < 4.78 is 5.50. The first-order chi connectivity index (χ1) is 9.15. The first-order valence-electron chi connectivity index (χ1n) is 6.26. The van der Waals surface area contributed by atoms with E-state index >= 15 is 0 Å². The van der Waals surface area contributed by atoms with E-state index in [2.05, 4.69) is 25.1 Å². The lowest BCUT2D eigenvalue weighted by atomic mass is 10.00. The first kappa shape index (κ1) is 11.7. The molecule has 2 heteroatoms. The molecule has 1 aromatic heterocycles. The molecular weight excluding hydrogens is 236 g/mol. The molecule has 2 nitrogen and oxygen atoms in total. The largest absolute Gasteiger partial charge is 0.453 e. The van der Waals surface area contributed by atoms with E-state index in [1.807, 2.05) is 24.3 Å². The van der Waals surface area contributed by atoms with Crippen LogP contribution in [0.25, 0.3) is 22.1 Å². The summed E-state index contributed by atoms with van der Waals surface area (Å²) >= 11 is 0. The smallest absolute Gasteiger partial charge is 0.194 e. The van der Waals surface area contributed by atoms with Crippen molar-refractivity contribution in [3.05, 3.63) is 59.9 Å². The molecule has 0 fully saturated rings. The molecule has 2 aromatic carbocycles. The van der Waals surface area contributed by atoms with Crippen molar-refractivity contribution in [1.29, 1.82) is 0 Å². The molecule has 1 heterocycles. The van der Waals surface area contributed by atoms with Crippen LogP contribution >= 0.6 is 0 Å². The third kappa shape index (κ3) is 2.06. The Bertz CT molecular complexity index is 766. The van der Waals surface area contributed by atoms with Crippen molar-refractivity contribution in [2.45, 2.75) is 13.8 Å². The van der Waals surface area contributed by atoms with Gasteiger partial charge in [-0.25, -0.2) is 0 Å². The highest BCUT2D eigenvalue weighted by molar-refractivity contribution is 5.96. The zero-order chi connectivity index (χ0) is 13.4. The van der Waals surface area contributed by atoms with Crippen LogP contribution in [-0.4, -0.2) is 5.78 Å². The molecule has 0 aliphatic rings. The molecule has 0 unspecified atom stereocenters. The predicted octanol–water partition coefficient (Wildman–Crippen LogP) is 4.61. The highest BCUT2D eigenvalue weighted by Gasteiger charge is 2.09. The Balaban J connectivity index is 2.16. The first-order valence-corrected chi connectivity index (χ1v) is 6.26. The third-order valence-electron chi connectivity index (χ3n) is 3.32. The topological polar surface area (TPSA) is 30.2 Å². The van der Waals surface area contributed by atoms with Gasteiger partial charge in [-0.2, -0.15) is 0 Å². The van der Waals surface area contributed by atoms with Crippen molar-refractivity contribution < 1.29 is 9.21 Å². The van der Waals surface area contributed by atoms with Gasteiger partial charge in [0.1, 0.15) is 5.58 Å². The van der Waals surface area contributed by atoms with Crippen LogP contribution in [0.5, 0.6) is 0 Å². The fourth-order valence-corrected chi connectivity index (χ4v) is 2.28. The van der Waals surface area contributed by atoms with Gasteiger partial charge in [-0.1, -0.05) is 30.3 Å². The van der Waals surface area contributed by atoms with Gasteiger partial charge < -0.3 is 4.42 Å². The number of Topliss-reactive ketones (excluding diaryl/α,β-unsaturated/α-hetero) is 1. The Hall–Kier alpha value is -2.35. The van der Waals surface area contributed by atoms with Gasteiger partial charge in [0, 0.05) is 12.3 Å². The Morgan fingerprint density at radius 2 is 1.84 bits per heavy atom. The van der Waals surface area contributed by atoms with Gasteiger partial charge in [-0.05, 0) is 41.8 Å². The van der Waals surface area contributed by atoms with Crippen molar-refractivity contribution in [2.24, 2.45) is 0 Å². The highest BCUT2D eigenvalue weighted by atomic mass is 16.3. The number of rotatable bonds is 2. The maximum absolute atomic E-state index is 11.3. The molecule has 19 heavy (non-hydrogen) atoms. The average molecular weight is 250 g/mol. The minimum Gasteiger partial charge on any atom is -0.453 e. The number of fused-ring (bicyclic) bond motifs is 1. The minimum absolute atomic E-state index is 0.0476. The molecule has 0 spiro atoms. The molecule has 0 aliphatic carbocycles. The second-order valence-electron chi connectivity index (χ2n) is 4.73. The van der Waals surface area contributed by atoms with E-state index in [1.165, 1.54) is 18.1 Å². The van der Waals surface area contributed by atoms with Crippen LogP contribution < -0.4 is 0 Å². The summed E-state index contributed by atoms with van der Waals surface area (Å²) in [5.74, 6) is 0.366. The zero-order valence-electron chi connectivity index (χ0n) is 10.9. The van der Waals surface area contributed by atoms with E-state index in [9.17, 15) is 4.79 Å². The van der Waals surface area contributed by atoms with Crippen LogP contribution in [0.2, 0.25) is 0 Å². The zero-order valence-corrected chi connectivity index (χ0v) is 10.9. The van der Waals surface area contributed by atoms with Gasteiger partial charge in [0.2, 0.25) is 0 Å². The summed E-state index contributed by atoms with van der Waals surface area (Å²) in [7, 11) is 0. The highest BCUT2D eigenvalue weighted by Crippen LogP contribution is 2.28. The standard InChI is InChI=1S/C17H14O2/c1-11-5-3-4-6-15(11)13-7-8-16-14(9-13)10-17(19-16)12(2)18/h3-10H,1-2H3. The quantitative estimate of drug-likeness (QED) is 0.622. The van der Waals surface area contributed by atoms with Crippen molar-refractivity contribution in [1.82, 2.24) is 0 Å². The summed E-state index contributed by atoms with van der Waals surface area (Å²) in [6, 6.07) is 16.1. The molecule has 0 saturated carbocycles. The predicted molar refractivity (Wildman–Crippen MR) is 76.4 cm³/mol. The lowest BCUT2D eigenvalue weighted by Gasteiger charge is -2.05. The number of benzene rings is 2. The van der Waals surface area contributed by atoms with Gasteiger partial charge in [0.05, 0.1) is 0 Å². The van der Waals surface area contributed by atoms with E-state index < -0.39 is 0 Å². The van der Waals surface area contributed by atoms with Gasteiger partial charge in [0.25, 0.3) is 0 Å². The monoisotopic (exact) mass is 250 g/mol. The van der Waals surface area contributed by atoms with Crippen LogP contribution in [0, 0.1) is 6.92 Å². The van der Waals surface area contributed by atoms with Crippen molar-refractivity contribution >= 4 is 16.8 Å². The normalized spacial score (nSPS) is 10.8. The Kier molecular flexibility index (Phi) is 2.71. The fraction of sp³-hybridized carbons (Fsp3) is 0.118. The van der Waals surface area contributed by atoms with Crippen LogP contribution in [0.4, 0.5) is 0 Å². The number of furan rings is 1. The second kappa shape index (κ2) is 4.39. The SMILES string of the molecule is CC(=O)c1cc2cc(-c3ccccc3C)ccc2o1. The molecule has 3 aromatic rings. The molecule has 0 radical (unpaired) electrons. The maximum atomic E-state index is 11.3. The maximum Gasteiger partial charge on any atom is 0.194 e. The van der Waals surface area contributed by atoms with E-state index in [4.69, 9.17) is 4.42 Å². The Morgan fingerprint density at radius 1 is 1.05 bits per heavy atom. The van der Waals surface area contributed by atoms with Crippen molar-refractivity contribution in [2.75, 3.05) is 0 Å². The van der Waals surface area contributed by atoms with Crippen LogP contribution in [-0.2, 0) is 0 Å². The molecule has 3 rings (SSSR count). The summed E-state index contributed by atoms with van der Waals surface area (Å²) in [6.07, 6.45) is 0. The molecule has 94 valence electrons. The van der Waals surface area contributed by atoms with Crippen molar-refractivity contribution in [3.63, 3.8) is 0 Å². The summed E-state index contributed by atoms with van der Waals surface area (Å²) in [4.78, 5) is 11.3. The molecule has 0 bridgehead atoms. The van der Waals surface area contributed by atoms with Crippen molar-refractivity contribution in [3.8, 4) is 11.1 Å². The number of ketones is 1. The lowest BCUT2D eigenvalue weighted by molar-refractivity contribution is 0.0989. The molecular formula is C17H14O2. The van der Waals surface area contributed by atoms with E-state index in [1.54, 1.807) is 6.07 Å². The molecule has 0 aliphatic heterocycles. The summed E-state index contributed by atoms with van der Waals surface area (Å²) in [5, 5.41) is 0.964. The number of carbonyl (C=O) groups is 1. The number of carbonyl (C=O) groups excluding carboxylic acids is 1. The van der Waals surface area contributed by atoms with E-state index in [-0.39, 0.29) is 5.78 Å². The van der Waals surface area contributed by atoms with Crippen LogP contribution in [0.15, 0.2) is 52.9 Å². The number of hydrogen-bond donors (Lipinski definition) is 0. The molecule has 0 amide bonds. The average Bonchev–Trinajstić information content (AvgIpc) is 2.82. The van der Waals surface area contributed by atoms with Gasteiger partial charge in [-0.15, -0.1) is 0 Å². The molecule has 0 saturated heterocycles.